The lowest BCUT2D eigenvalue weighted by molar-refractivity contribution is 0.0695. The number of para-hydroxylation sites is 1. The van der Waals surface area contributed by atoms with Crippen LogP contribution in [0.3, 0.4) is 0 Å². The highest BCUT2D eigenvalue weighted by Gasteiger charge is 2.26. The summed E-state index contributed by atoms with van der Waals surface area (Å²) in [5, 5.41) is 31.3. The molecule has 1 heterocycles. The van der Waals surface area contributed by atoms with Crippen LogP contribution in [0, 0.1) is 0 Å². The van der Waals surface area contributed by atoms with E-state index in [2.05, 4.69) is 5.32 Å². The molecule has 0 aliphatic carbocycles. The zero-order chi connectivity index (χ0) is 20.3. The van der Waals surface area contributed by atoms with Gasteiger partial charge in [0.25, 0.3) is 11.8 Å². The SMILES string of the molecule is COc1ccccc1C(=O)N1CCC(NC(=O)c2cc(O)c(O)c(O)c2)CC1. The summed E-state index contributed by atoms with van der Waals surface area (Å²) < 4.78 is 5.24. The fourth-order valence-electron chi connectivity index (χ4n) is 3.22. The minimum absolute atomic E-state index is 0.0420. The van der Waals surface area contributed by atoms with E-state index in [1.54, 1.807) is 29.2 Å². The van der Waals surface area contributed by atoms with Crippen LogP contribution in [-0.2, 0) is 0 Å². The summed E-state index contributed by atoms with van der Waals surface area (Å²) in [6.45, 7) is 0.960. The van der Waals surface area contributed by atoms with Gasteiger partial charge in [0, 0.05) is 24.7 Å². The minimum Gasteiger partial charge on any atom is -0.504 e. The molecule has 1 aliphatic heterocycles. The highest BCUT2D eigenvalue weighted by Crippen LogP contribution is 2.35. The van der Waals surface area contributed by atoms with E-state index in [0.717, 1.165) is 12.1 Å². The molecule has 28 heavy (non-hydrogen) atoms. The Kier molecular flexibility index (Phi) is 5.58. The van der Waals surface area contributed by atoms with Gasteiger partial charge in [0.05, 0.1) is 12.7 Å². The molecule has 1 saturated heterocycles. The molecule has 2 aromatic rings. The second-order valence-electron chi connectivity index (χ2n) is 6.60. The van der Waals surface area contributed by atoms with E-state index in [4.69, 9.17) is 4.74 Å². The number of phenols is 3. The minimum atomic E-state index is -0.667. The fraction of sp³-hybridized carbons (Fsp3) is 0.300. The van der Waals surface area contributed by atoms with Crippen LogP contribution in [0.1, 0.15) is 33.6 Å². The molecule has 2 amide bonds. The zero-order valence-electron chi connectivity index (χ0n) is 15.4. The molecule has 148 valence electrons. The third-order valence-electron chi connectivity index (χ3n) is 4.79. The van der Waals surface area contributed by atoms with E-state index in [0.29, 0.717) is 37.2 Å². The summed E-state index contributed by atoms with van der Waals surface area (Å²) in [5.74, 6) is -1.87. The van der Waals surface area contributed by atoms with E-state index in [9.17, 15) is 24.9 Å². The molecule has 0 aromatic heterocycles. The number of rotatable bonds is 4. The van der Waals surface area contributed by atoms with Crippen molar-refractivity contribution >= 4 is 11.8 Å². The number of nitrogens with one attached hydrogen (secondary N) is 1. The maximum Gasteiger partial charge on any atom is 0.257 e. The number of hydrogen-bond donors (Lipinski definition) is 4. The van der Waals surface area contributed by atoms with Gasteiger partial charge < -0.3 is 30.3 Å². The van der Waals surface area contributed by atoms with Crippen molar-refractivity contribution in [2.75, 3.05) is 20.2 Å². The largest absolute Gasteiger partial charge is 0.504 e. The topological polar surface area (TPSA) is 119 Å². The van der Waals surface area contributed by atoms with Gasteiger partial charge in [-0.25, -0.2) is 0 Å². The summed E-state index contributed by atoms with van der Waals surface area (Å²) in [6, 6.07) is 9.07. The summed E-state index contributed by atoms with van der Waals surface area (Å²) in [4.78, 5) is 26.8. The van der Waals surface area contributed by atoms with Crippen LogP contribution in [0.5, 0.6) is 23.0 Å². The van der Waals surface area contributed by atoms with Gasteiger partial charge in [-0.2, -0.15) is 0 Å². The van der Waals surface area contributed by atoms with Gasteiger partial charge in [0.2, 0.25) is 0 Å². The Morgan fingerprint density at radius 2 is 1.68 bits per heavy atom. The van der Waals surface area contributed by atoms with E-state index in [-0.39, 0.29) is 17.5 Å². The Balaban J connectivity index is 1.60. The van der Waals surface area contributed by atoms with Crippen LogP contribution in [-0.4, -0.2) is 58.3 Å². The predicted octanol–water partition coefficient (Wildman–Crippen LogP) is 1.85. The van der Waals surface area contributed by atoms with E-state index in [1.165, 1.54) is 7.11 Å². The van der Waals surface area contributed by atoms with Gasteiger partial charge in [0.1, 0.15) is 5.75 Å². The number of hydrogen-bond acceptors (Lipinski definition) is 6. The number of likely N-dealkylation sites (tertiary alicyclic amines) is 1. The highest BCUT2D eigenvalue weighted by atomic mass is 16.5. The molecule has 4 N–H and O–H groups in total. The summed E-state index contributed by atoms with van der Waals surface area (Å²) in [7, 11) is 1.52. The lowest BCUT2D eigenvalue weighted by Crippen LogP contribution is -2.46. The van der Waals surface area contributed by atoms with Crippen molar-refractivity contribution in [3.8, 4) is 23.0 Å². The first-order valence-electron chi connectivity index (χ1n) is 8.88. The van der Waals surface area contributed by atoms with Crippen LogP contribution in [0.4, 0.5) is 0 Å². The normalized spacial score (nSPS) is 14.5. The number of methoxy groups -OCH3 is 1. The van der Waals surface area contributed by atoms with Crippen LogP contribution in [0.25, 0.3) is 0 Å². The van der Waals surface area contributed by atoms with Crippen molar-refractivity contribution in [3.63, 3.8) is 0 Å². The van der Waals surface area contributed by atoms with Gasteiger partial charge in [-0.3, -0.25) is 9.59 Å². The van der Waals surface area contributed by atoms with Crippen molar-refractivity contribution in [2.45, 2.75) is 18.9 Å². The van der Waals surface area contributed by atoms with Gasteiger partial charge in [0.15, 0.2) is 17.2 Å². The number of phenolic OH excluding ortho intramolecular Hbond substituents is 3. The Morgan fingerprint density at radius 1 is 1.07 bits per heavy atom. The van der Waals surface area contributed by atoms with Crippen molar-refractivity contribution in [2.24, 2.45) is 0 Å². The molecule has 8 heteroatoms. The molecule has 0 radical (unpaired) electrons. The average molecular weight is 386 g/mol. The monoisotopic (exact) mass is 386 g/mol. The van der Waals surface area contributed by atoms with Gasteiger partial charge >= 0.3 is 0 Å². The Morgan fingerprint density at radius 3 is 2.29 bits per heavy atom. The summed E-state index contributed by atoms with van der Waals surface area (Å²) >= 11 is 0. The summed E-state index contributed by atoms with van der Waals surface area (Å²) in [5.41, 5.74) is 0.544. The standard InChI is InChI=1S/C20H22N2O6/c1-28-17-5-3-2-4-14(17)20(27)22-8-6-13(7-9-22)21-19(26)12-10-15(23)18(25)16(24)11-12/h2-5,10-11,13,23-25H,6-9H2,1H3,(H,21,26). The Hall–Kier alpha value is -3.42. The molecule has 0 unspecified atom stereocenters. The lowest BCUT2D eigenvalue weighted by Gasteiger charge is -2.32. The average Bonchev–Trinajstić information content (AvgIpc) is 2.71. The van der Waals surface area contributed by atoms with Crippen LogP contribution >= 0.6 is 0 Å². The number of carbonyl (C=O) groups is 2. The first-order chi connectivity index (χ1) is 13.4. The quantitative estimate of drug-likeness (QED) is 0.596. The zero-order valence-corrected chi connectivity index (χ0v) is 15.4. The Bertz CT molecular complexity index is 867. The molecular weight excluding hydrogens is 364 g/mol. The maximum absolute atomic E-state index is 12.7. The second-order valence-corrected chi connectivity index (χ2v) is 6.60. The van der Waals surface area contributed by atoms with Crippen molar-refractivity contribution < 1.29 is 29.6 Å². The van der Waals surface area contributed by atoms with Crippen molar-refractivity contribution in [1.29, 1.82) is 0 Å². The molecule has 1 fully saturated rings. The van der Waals surface area contributed by atoms with Crippen LogP contribution in [0.15, 0.2) is 36.4 Å². The predicted molar refractivity (Wildman–Crippen MR) is 101 cm³/mol. The molecule has 3 rings (SSSR count). The molecule has 0 spiro atoms. The van der Waals surface area contributed by atoms with Crippen LogP contribution in [0.2, 0.25) is 0 Å². The molecule has 0 bridgehead atoms. The molecule has 1 aliphatic rings. The van der Waals surface area contributed by atoms with Crippen molar-refractivity contribution in [1.82, 2.24) is 10.2 Å². The van der Waals surface area contributed by atoms with E-state index >= 15 is 0 Å². The molecule has 0 saturated carbocycles. The van der Waals surface area contributed by atoms with Gasteiger partial charge in [-0.1, -0.05) is 12.1 Å². The third-order valence-corrected chi connectivity index (χ3v) is 4.79. The van der Waals surface area contributed by atoms with E-state index < -0.39 is 23.2 Å². The first-order valence-corrected chi connectivity index (χ1v) is 8.88. The van der Waals surface area contributed by atoms with Gasteiger partial charge in [-0.05, 0) is 37.1 Å². The molecule has 0 atom stereocenters. The molecule has 2 aromatic carbocycles. The third kappa shape index (κ3) is 3.95. The number of nitrogens with zero attached hydrogens (tertiary/aromatic N) is 1. The number of carbonyl (C=O) groups excluding carboxylic acids is 2. The molecule has 8 nitrogen and oxygen atoms in total. The second kappa shape index (κ2) is 8.08. The number of piperidine rings is 1. The number of amides is 2. The lowest BCUT2D eigenvalue weighted by atomic mass is 10.0. The number of aromatic hydroxyl groups is 3. The molecular formula is C20H22N2O6. The smallest absolute Gasteiger partial charge is 0.257 e. The van der Waals surface area contributed by atoms with Gasteiger partial charge in [-0.15, -0.1) is 0 Å². The van der Waals surface area contributed by atoms with Crippen molar-refractivity contribution in [3.05, 3.63) is 47.5 Å². The number of benzene rings is 2. The maximum atomic E-state index is 12.7. The highest BCUT2D eigenvalue weighted by molar-refractivity contribution is 5.97. The Labute approximate surface area is 162 Å². The number of ether oxygens (including phenoxy) is 1. The van der Waals surface area contributed by atoms with Crippen LogP contribution < -0.4 is 10.1 Å². The fourth-order valence-corrected chi connectivity index (χ4v) is 3.22. The first kappa shape index (κ1) is 19.3. The van der Waals surface area contributed by atoms with E-state index in [1.807, 2.05) is 0 Å². The summed E-state index contributed by atoms with van der Waals surface area (Å²) in [6.07, 6.45) is 1.14.